The average Bonchev–Trinajstić information content (AvgIpc) is 2.08. The molecule has 0 saturated heterocycles. The normalized spacial score (nSPS) is 10.3. The van der Waals surface area contributed by atoms with Gasteiger partial charge in [0.2, 0.25) is 0 Å². The summed E-state index contributed by atoms with van der Waals surface area (Å²) < 4.78 is 13.2. The zero-order valence-electron chi connectivity index (χ0n) is 6.57. The minimum absolute atomic E-state index is 0.243. The van der Waals surface area contributed by atoms with Crippen LogP contribution in [0, 0.1) is 5.82 Å². The minimum Gasteiger partial charge on any atom is -0.263 e. The second kappa shape index (κ2) is 4.94. The van der Waals surface area contributed by atoms with Gasteiger partial charge in [-0.3, -0.25) is 5.43 Å². The van der Waals surface area contributed by atoms with E-state index in [4.69, 9.17) is 0 Å². The summed E-state index contributed by atoms with van der Waals surface area (Å²) in [6, 6.07) is 6.31. The molecular weight excluding hydrogens is 207 g/mol. The lowest BCUT2D eigenvalue weighted by Crippen LogP contribution is -2.07. The Morgan fingerprint density at radius 1 is 1.54 bits per heavy atom. The highest BCUT2D eigenvalue weighted by Gasteiger charge is 1.94. The van der Waals surface area contributed by atoms with E-state index in [1.807, 2.05) is 0 Å². The van der Waals surface area contributed by atoms with Gasteiger partial charge in [-0.15, -0.1) is 12.6 Å². The van der Waals surface area contributed by atoms with Crippen molar-refractivity contribution in [3.05, 3.63) is 35.6 Å². The third kappa shape index (κ3) is 3.52. The smallest absolute Gasteiger partial charge is 0.150 e. The fraction of sp³-hybridized carbons (Fsp3) is 0. The fourth-order valence-electron chi connectivity index (χ4n) is 0.737. The molecule has 0 atom stereocenters. The van der Waals surface area contributed by atoms with Crippen molar-refractivity contribution in [3.8, 4) is 0 Å². The van der Waals surface area contributed by atoms with E-state index in [1.165, 1.54) is 12.3 Å². The Kier molecular flexibility index (Phi) is 3.85. The van der Waals surface area contributed by atoms with E-state index >= 15 is 0 Å². The van der Waals surface area contributed by atoms with Gasteiger partial charge in [0.25, 0.3) is 0 Å². The van der Waals surface area contributed by atoms with Crippen LogP contribution < -0.4 is 5.43 Å². The second-order valence-corrected chi connectivity index (χ2v) is 3.35. The topological polar surface area (TPSA) is 24.4 Å². The van der Waals surface area contributed by atoms with E-state index in [-0.39, 0.29) is 10.1 Å². The van der Waals surface area contributed by atoms with Crippen LogP contribution in [0.25, 0.3) is 0 Å². The number of nitrogens with one attached hydrogen (secondary N) is 1. The molecule has 1 N–H and O–H groups in total. The summed E-state index contributed by atoms with van der Waals surface area (Å²) in [6.45, 7) is 0. The van der Waals surface area contributed by atoms with Gasteiger partial charge in [0.15, 0.2) is 4.32 Å². The maximum atomic E-state index is 12.9. The molecule has 0 aliphatic rings. The third-order valence-corrected chi connectivity index (χ3v) is 1.46. The Balaban J connectivity index is 2.68. The molecule has 1 rings (SSSR count). The van der Waals surface area contributed by atoms with Crippen LogP contribution in [0.2, 0.25) is 0 Å². The van der Waals surface area contributed by atoms with Gasteiger partial charge in [-0.2, -0.15) is 5.10 Å². The molecule has 0 aromatic heterocycles. The van der Waals surface area contributed by atoms with Crippen LogP contribution in [0.1, 0.15) is 5.56 Å². The molecule has 0 heterocycles. The van der Waals surface area contributed by atoms with Crippen LogP contribution in [0.4, 0.5) is 4.39 Å². The summed E-state index contributed by atoms with van der Waals surface area (Å²) in [5.74, 6) is -0.321. The maximum Gasteiger partial charge on any atom is 0.150 e. The maximum absolute atomic E-state index is 12.9. The van der Waals surface area contributed by atoms with Crippen LogP contribution in [-0.2, 0) is 0 Å². The number of nitrogens with zero attached hydrogens (tertiary/aromatic N) is 1. The standard InChI is InChI=1S/C8H7FN2S2/c9-7-4-2-1-3-6(7)5-10-11-8(12)13/h1-5H,(H2,11,12,13). The first-order valence-corrected chi connectivity index (χ1v) is 4.32. The van der Waals surface area contributed by atoms with Crippen molar-refractivity contribution in [1.82, 2.24) is 5.43 Å². The first-order valence-electron chi connectivity index (χ1n) is 3.46. The summed E-state index contributed by atoms with van der Waals surface area (Å²) in [4.78, 5) is 0. The molecule has 5 heteroatoms. The molecule has 0 aliphatic heterocycles. The Morgan fingerprint density at radius 2 is 2.23 bits per heavy atom. The molecule has 13 heavy (non-hydrogen) atoms. The summed E-state index contributed by atoms with van der Waals surface area (Å²) in [6.07, 6.45) is 1.35. The van der Waals surface area contributed by atoms with E-state index in [0.717, 1.165) is 0 Å². The van der Waals surface area contributed by atoms with Crippen LogP contribution in [0.5, 0.6) is 0 Å². The SMILES string of the molecule is Fc1ccccc1C=NNC(=S)S. The van der Waals surface area contributed by atoms with Crippen molar-refractivity contribution in [2.75, 3.05) is 0 Å². The number of thiocarbonyl (C=S) groups is 1. The quantitative estimate of drug-likeness (QED) is 0.340. The number of benzene rings is 1. The largest absolute Gasteiger partial charge is 0.263 e. The number of hydrogen-bond donors (Lipinski definition) is 2. The number of thiol groups is 1. The van der Waals surface area contributed by atoms with Crippen LogP contribution in [0.3, 0.4) is 0 Å². The van der Waals surface area contributed by atoms with Gasteiger partial charge in [0.05, 0.1) is 6.21 Å². The highest BCUT2D eigenvalue weighted by molar-refractivity contribution is 8.11. The lowest BCUT2D eigenvalue weighted by Gasteiger charge is -1.95. The molecule has 0 amide bonds. The Bertz CT molecular complexity index is 339. The van der Waals surface area contributed by atoms with E-state index in [1.54, 1.807) is 18.2 Å². The molecule has 2 nitrogen and oxygen atoms in total. The Hall–Kier alpha value is -0.940. The summed E-state index contributed by atoms with van der Waals surface area (Å²) in [5, 5.41) is 3.67. The molecule has 0 radical (unpaired) electrons. The lowest BCUT2D eigenvalue weighted by atomic mass is 10.2. The summed E-state index contributed by atoms with van der Waals surface area (Å²) >= 11 is 8.37. The third-order valence-electron chi connectivity index (χ3n) is 1.27. The lowest BCUT2D eigenvalue weighted by molar-refractivity contribution is 0.626. The highest BCUT2D eigenvalue weighted by atomic mass is 32.1. The van der Waals surface area contributed by atoms with Gasteiger partial charge < -0.3 is 0 Å². The Labute approximate surface area is 86.3 Å². The molecule has 1 aromatic rings. The predicted octanol–water partition coefficient (Wildman–Crippen LogP) is 1.96. The van der Waals surface area contributed by atoms with E-state index in [2.05, 4.69) is 35.4 Å². The van der Waals surface area contributed by atoms with Crippen LogP contribution >= 0.6 is 24.8 Å². The number of hydrazone groups is 1. The molecule has 0 aliphatic carbocycles. The van der Waals surface area contributed by atoms with Crippen molar-refractivity contribution in [1.29, 1.82) is 0 Å². The zero-order valence-corrected chi connectivity index (χ0v) is 8.28. The minimum atomic E-state index is -0.321. The van der Waals surface area contributed by atoms with Crippen molar-refractivity contribution in [2.24, 2.45) is 5.10 Å². The van der Waals surface area contributed by atoms with Crippen molar-refractivity contribution in [2.45, 2.75) is 0 Å². The van der Waals surface area contributed by atoms with Gasteiger partial charge in [0.1, 0.15) is 5.82 Å². The van der Waals surface area contributed by atoms with Gasteiger partial charge in [-0.05, 0) is 6.07 Å². The first kappa shape index (κ1) is 10.1. The molecule has 0 bridgehead atoms. The number of rotatable bonds is 2. The Morgan fingerprint density at radius 3 is 2.85 bits per heavy atom. The van der Waals surface area contributed by atoms with Gasteiger partial charge in [-0.25, -0.2) is 4.39 Å². The van der Waals surface area contributed by atoms with Crippen LogP contribution in [0.15, 0.2) is 29.4 Å². The fourth-order valence-corrected chi connectivity index (χ4v) is 0.847. The number of hydrogen-bond acceptors (Lipinski definition) is 2. The van der Waals surface area contributed by atoms with E-state index in [9.17, 15) is 4.39 Å². The van der Waals surface area contributed by atoms with Crippen LogP contribution in [-0.4, -0.2) is 10.5 Å². The summed E-state index contributed by atoms with van der Waals surface area (Å²) in [7, 11) is 0. The first-order chi connectivity index (χ1) is 6.20. The van der Waals surface area contributed by atoms with E-state index in [0.29, 0.717) is 5.56 Å². The molecule has 0 fully saturated rings. The average molecular weight is 214 g/mol. The van der Waals surface area contributed by atoms with E-state index < -0.39 is 0 Å². The molecular formula is C8H7FN2S2. The zero-order chi connectivity index (χ0) is 9.68. The number of halogens is 1. The molecule has 1 aromatic carbocycles. The summed E-state index contributed by atoms with van der Waals surface area (Å²) in [5.41, 5.74) is 2.82. The highest BCUT2D eigenvalue weighted by Crippen LogP contribution is 2.02. The molecule has 0 unspecified atom stereocenters. The second-order valence-electron chi connectivity index (χ2n) is 2.20. The van der Waals surface area contributed by atoms with Gasteiger partial charge >= 0.3 is 0 Å². The molecule has 68 valence electrons. The van der Waals surface area contributed by atoms with Gasteiger partial charge in [0, 0.05) is 5.56 Å². The van der Waals surface area contributed by atoms with Gasteiger partial charge in [-0.1, -0.05) is 30.4 Å². The van der Waals surface area contributed by atoms with Crippen molar-refractivity contribution >= 4 is 35.4 Å². The van der Waals surface area contributed by atoms with Crippen molar-refractivity contribution in [3.63, 3.8) is 0 Å². The molecule has 0 spiro atoms. The molecule has 0 saturated carbocycles. The monoisotopic (exact) mass is 214 g/mol. The predicted molar refractivity (Wildman–Crippen MR) is 58.7 cm³/mol. The van der Waals surface area contributed by atoms with Crippen molar-refractivity contribution < 1.29 is 4.39 Å².